The zero-order chi connectivity index (χ0) is 11.7. The largest absolute Gasteiger partial charge is 0.393 e. The van der Waals surface area contributed by atoms with E-state index in [0.29, 0.717) is 6.61 Å². The van der Waals surface area contributed by atoms with E-state index in [0.717, 1.165) is 12.8 Å². The highest BCUT2D eigenvalue weighted by Gasteiger charge is 2.13. The maximum Gasteiger partial charge on any atom is 0.349 e. The Morgan fingerprint density at radius 1 is 1.40 bits per heavy atom. The summed E-state index contributed by atoms with van der Waals surface area (Å²) in [5.41, 5.74) is 0. The molecule has 1 unspecified atom stereocenters. The average Bonchev–Trinajstić information content (AvgIpc) is 2.10. The van der Waals surface area contributed by atoms with Gasteiger partial charge in [-0.05, 0) is 13.3 Å². The first-order valence-electron chi connectivity index (χ1n) is 5.08. The number of hydrogen-bond acceptors (Lipinski definition) is 5. The summed E-state index contributed by atoms with van der Waals surface area (Å²) in [6, 6.07) is 0. The van der Waals surface area contributed by atoms with Crippen molar-refractivity contribution in [2.75, 3.05) is 6.61 Å². The van der Waals surface area contributed by atoms with Crippen molar-refractivity contribution in [1.82, 2.24) is 0 Å². The van der Waals surface area contributed by atoms with Crippen molar-refractivity contribution in [2.45, 2.75) is 45.6 Å². The van der Waals surface area contributed by atoms with E-state index >= 15 is 0 Å². The summed E-state index contributed by atoms with van der Waals surface area (Å²) in [4.78, 5) is 30.9. The van der Waals surface area contributed by atoms with Crippen LogP contribution in [0, 0.1) is 0 Å². The predicted octanol–water partition coefficient (Wildman–Crippen LogP) is 0.991. The smallest absolute Gasteiger partial charge is 0.349 e. The molecule has 0 rings (SSSR count). The van der Waals surface area contributed by atoms with Crippen LogP contribution in [0.2, 0.25) is 0 Å². The molecule has 0 aromatic heterocycles. The summed E-state index contributed by atoms with van der Waals surface area (Å²) in [6.45, 7) is 3.81. The minimum absolute atomic E-state index is 0.0376. The normalized spacial score (nSPS) is 12.2. The average molecular weight is 218 g/mol. The van der Waals surface area contributed by atoms with Crippen molar-refractivity contribution >= 4 is 11.8 Å². The quantitative estimate of drug-likeness (QED) is 0.285. The van der Waals surface area contributed by atoms with Gasteiger partial charge in [0.25, 0.3) is 0 Å². The molecule has 1 N–H and O–H groups in total. The standard InChI is InChI=1S/C10H18O5/c1-3-4-5-14-15-10(13)7-9(12)6-8(2)11/h8,11H,3-7H2,1-2H3. The molecule has 88 valence electrons. The number of unbranched alkanes of at least 4 members (excludes halogenated alkanes) is 1. The molecular formula is C10H18O5. The van der Waals surface area contributed by atoms with Crippen molar-refractivity contribution in [1.29, 1.82) is 0 Å². The molecule has 0 amide bonds. The summed E-state index contributed by atoms with van der Waals surface area (Å²) >= 11 is 0. The fourth-order valence-electron chi connectivity index (χ4n) is 0.903. The molecule has 15 heavy (non-hydrogen) atoms. The lowest BCUT2D eigenvalue weighted by Crippen LogP contribution is -2.16. The summed E-state index contributed by atoms with van der Waals surface area (Å²) in [6.07, 6.45) is 0.625. The molecule has 0 saturated heterocycles. The summed E-state index contributed by atoms with van der Waals surface area (Å²) in [5, 5.41) is 8.88. The molecule has 0 aromatic carbocycles. The highest BCUT2D eigenvalue weighted by molar-refractivity contribution is 5.95. The first kappa shape index (κ1) is 14.1. The van der Waals surface area contributed by atoms with Crippen LogP contribution < -0.4 is 0 Å². The summed E-state index contributed by atoms with van der Waals surface area (Å²) < 4.78 is 0. The van der Waals surface area contributed by atoms with Gasteiger partial charge in [0.05, 0.1) is 12.7 Å². The third-order valence-electron chi connectivity index (χ3n) is 1.60. The van der Waals surface area contributed by atoms with Gasteiger partial charge in [0.15, 0.2) is 0 Å². The second-order valence-electron chi connectivity index (χ2n) is 3.40. The minimum atomic E-state index is -0.730. The fourth-order valence-corrected chi connectivity index (χ4v) is 0.903. The van der Waals surface area contributed by atoms with Crippen molar-refractivity contribution in [2.24, 2.45) is 0 Å². The highest BCUT2D eigenvalue weighted by Crippen LogP contribution is 1.98. The van der Waals surface area contributed by atoms with E-state index < -0.39 is 12.1 Å². The van der Waals surface area contributed by atoms with Crippen LogP contribution in [-0.4, -0.2) is 29.6 Å². The Balaban J connectivity index is 3.51. The van der Waals surface area contributed by atoms with Crippen LogP contribution in [-0.2, 0) is 19.4 Å². The second kappa shape index (κ2) is 8.38. The molecule has 5 nitrogen and oxygen atoms in total. The van der Waals surface area contributed by atoms with E-state index in [2.05, 4.69) is 9.78 Å². The van der Waals surface area contributed by atoms with Crippen LogP contribution in [0.1, 0.15) is 39.5 Å². The third kappa shape index (κ3) is 9.37. The molecule has 0 aliphatic carbocycles. The predicted molar refractivity (Wildman–Crippen MR) is 52.9 cm³/mol. The van der Waals surface area contributed by atoms with Crippen molar-refractivity contribution in [3.63, 3.8) is 0 Å². The number of aliphatic hydroxyl groups excluding tert-OH is 1. The Labute approximate surface area is 89.3 Å². The third-order valence-corrected chi connectivity index (χ3v) is 1.60. The van der Waals surface area contributed by atoms with Crippen LogP contribution in [0.5, 0.6) is 0 Å². The molecule has 0 aliphatic rings. The summed E-state index contributed by atoms with van der Waals surface area (Å²) in [5.74, 6) is -1.06. The van der Waals surface area contributed by atoms with Crippen molar-refractivity contribution < 1.29 is 24.5 Å². The van der Waals surface area contributed by atoms with Gasteiger partial charge >= 0.3 is 5.97 Å². The van der Waals surface area contributed by atoms with Crippen LogP contribution in [0.25, 0.3) is 0 Å². The van der Waals surface area contributed by atoms with Gasteiger partial charge in [-0.25, -0.2) is 4.79 Å². The Bertz CT molecular complexity index is 200. The number of rotatable bonds is 8. The zero-order valence-corrected chi connectivity index (χ0v) is 9.19. The van der Waals surface area contributed by atoms with Gasteiger partial charge in [-0.3, -0.25) is 9.68 Å². The molecular weight excluding hydrogens is 200 g/mol. The van der Waals surface area contributed by atoms with E-state index in [4.69, 9.17) is 5.11 Å². The second-order valence-corrected chi connectivity index (χ2v) is 3.40. The molecule has 0 aliphatic heterocycles. The number of carbonyl (C=O) groups is 2. The number of hydrogen-bond donors (Lipinski definition) is 1. The molecule has 0 fully saturated rings. The molecule has 0 radical (unpaired) electrons. The lowest BCUT2D eigenvalue weighted by molar-refractivity contribution is -0.272. The molecule has 1 atom stereocenters. The van der Waals surface area contributed by atoms with Gasteiger partial charge in [0.2, 0.25) is 0 Å². The molecule has 0 bridgehead atoms. The zero-order valence-electron chi connectivity index (χ0n) is 9.19. The minimum Gasteiger partial charge on any atom is -0.393 e. The van der Waals surface area contributed by atoms with E-state index in [-0.39, 0.29) is 18.6 Å². The maximum atomic E-state index is 11.0. The lowest BCUT2D eigenvalue weighted by atomic mass is 10.1. The van der Waals surface area contributed by atoms with Gasteiger partial charge in [-0.15, -0.1) is 0 Å². The maximum absolute atomic E-state index is 11.0. The fraction of sp³-hybridized carbons (Fsp3) is 0.800. The van der Waals surface area contributed by atoms with Gasteiger partial charge in [0.1, 0.15) is 12.2 Å². The topological polar surface area (TPSA) is 72.8 Å². The van der Waals surface area contributed by atoms with Crippen molar-refractivity contribution in [3.05, 3.63) is 0 Å². The number of ketones is 1. The van der Waals surface area contributed by atoms with Gasteiger partial charge in [-0.1, -0.05) is 13.3 Å². The number of aliphatic hydroxyl groups is 1. The van der Waals surface area contributed by atoms with E-state index in [9.17, 15) is 9.59 Å². The van der Waals surface area contributed by atoms with E-state index in [1.807, 2.05) is 6.92 Å². The van der Waals surface area contributed by atoms with Crippen LogP contribution in [0.15, 0.2) is 0 Å². The SMILES string of the molecule is CCCCOOC(=O)CC(=O)CC(C)O. The van der Waals surface area contributed by atoms with E-state index in [1.54, 1.807) is 0 Å². The Morgan fingerprint density at radius 2 is 2.07 bits per heavy atom. The van der Waals surface area contributed by atoms with Gasteiger partial charge < -0.3 is 5.11 Å². The monoisotopic (exact) mass is 218 g/mol. The molecule has 0 heterocycles. The summed E-state index contributed by atoms with van der Waals surface area (Å²) in [7, 11) is 0. The Hall–Kier alpha value is -0.940. The van der Waals surface area contributed by atoms with Crippen LogP contribution in [0.4, 0.5) is 0 Å². The lowest BCUT2D eigenvalue weighted by Gasteiger charge is -2.03. The Morgan fingerprint density at radius 3 is 2.60 bits per heavy atom. The van der Waals surface area contributed by atoms with Crippen molar-refractivity contribution in [3.8, 4) is 0 Å². The van der Waals surface area contributed by atoms with E-state index in [1.165, 1.54) is 6.92 Å². The number of carbonyl (C=O) groups excluding carboxylic acids is 2. The first-order chi connectivity index (χ1) is 7.06. The van der Waals surface area contributed by atoms with Crippen LogP contribution in [0.3, 0.4) is 0 Å². The van der Waals surface area contributed by atoms with Gasteiger partial charge in [0, 0.05) is 6.42 Å². The first-order valence-corrected chi connectivity index (χ1v) is 5.08. The van der Waals surface area contributed by atoms with Gasteiger partial charge in [-0.2, -0.15) is 4.89 Å². The molecule has 0 aromatic rings. The molecule has 0 saturated carbocycles. The molecule has 0 spiro atoms. The molecule has 5 heteroatoms. The number of Topliss-reactive ketones (excluding diaryl/α,β-unsaturated/α-hetero) is 1. The highest BCUT2D eigenvalue weighted by atomic mass is 17.2. The Kier molecular flexibility index (Phi) is 7.85. The van der Waals surface area contributed by atoms with Crippen LogP contribution >= 0.6 is 0 Å².